The van der Waals surface area contributed by atoms with Gasteiger partial charge in [0.1, 0.15) is 35.2 Å². The Morgan fingerprint density at radius 1 is 1.50 bits per heavy atom. The highest BCUT2D eigenvalue weighted by atomic mass is 32.2. The van der Waals surface area contributed by atoms with E-state index in [0.717, 1.165) is 0 Å². The summed E-state index contributed by atoms with van der Waals surface area (Å²) in [6.45, 7) is 1.40. The van der Waals surface area contributed by atoms with Crippen molar-refractivity contribution in [2.45, 2.75) is 24.8 Å². The van der Waals surface area contributed by atoms with Crippen LogP contribution in [0.1, 0.15) is 17.3 Å². The summed E-state index contributed by atoms with van der Waals surface area (Å²) in [5.41, 5.74) is 0. The van der Waals surface area contributed by atoms with Crippen molar-refractivity contribution >= 4 is 10.0 Å². The van der Waals surface area contributed by atoms with Crippen molar-refractivity contribution in [3.05, 3.63) is 29.7 Å². The van der Waals surface area contributed by atoms with Crippen LogP contribution in [0, 0.1) is 6.92 Å². The van der Waals surface area contributed by atoms with E-state index in [0.29, 0.717) is 12.2 Å². The minimum Gasteiger partial charge on any atom is -0.462 e. The van der Waals surface area contributed by atoms with Gasteiger partial charge in [-0.05, 0) is 6.92 Å². The molecule has 0 fully saturated rings. The molecule has 0 saturated heterocycles. The van der Waals surface area contributed by atoms with Crippen LogP contribution in [0.5, 0.6) is 0 Å². The maximum atomic E-state index is 12.1. The molecule has 0 atom stereocenters. The number of aromatic nitrogens is 3. The van der Waals surface area contributed by atoms with Gasteiger partial charge in [-0.3, -0.25) is 0 Å². The molecule has 0 aromatic carbocycles. The van der Waals surface area contributed by atoms with E-state index in [4.69, 9.17) is 9.52 Å². The normalized spacial score (nSPS) is 11.9. The summed E-state index contributed by atoms with van der Waals surface area (Å²) in [5.74, 6) is 1.16. The molecule has 9 heteroatoms. The number of nitrogens with one attached hydrogen (secondary N) is 1. The van der Waals surface area contributed by atoms with Crippen molar-refractivity contribution in [2.24, 2.45) is 7.05 Å². The SMILES string of the molecule is Cc1oc(CO)cc1S(=O)(=O)NCCc1nncn1C. The van der Waals surface area contributed by atoms with Crippen LogP contribution in [0.2, 0.25) is 0 Å². The second kappa shape index (κ2) is 5.73. The monoisotopic (exact) mass is 300 g/mol. The summed E-state index contributed by atoms with van der Waals surface area (Å²) >= 11 is 0. The van der Waals surface area contributed by atoms with Crippen molar-refractivity contribution in [3.63, 3.8) is 0 Å². The Labute approximate surface area is 116 Å². The van der Waals surface area contributed by atoms with Gasteiger partial charge in [-0.25, -0.2) is 13.1 Å². The molecule has 8 nitrogen and oxygen atoms in total. The molecule has 0 radical (unpaired) electrons. The molecule has 2 aromatic heterocycles. The second-order valence-electron chi connectivity index (χ2n) is 4.30. The summed E-state index contributed by atoms with van der Waals surface area (Å²) in [7, 11) is -1.87. The summed E-state index contributed by atoms with van der Waals surface area (Å²) in [4.78, 5) is 0.0412. The largest absolute Gasteiger partial charge is 0.462 e. The maximum absolute atomic E-state index is 12.1. The molecule has 2 heterocycles. The lowest BCUT2D eigenvalue weighted by atomic mass is 10.4. The Hall–Kier alpha value is -1.71. The van der Waals surface area contributed by atoms with Crippen LogP contribution in [0.25, 0.3) is 0 Å². The molecule has 0 aliphatic carbocycles. The highest BCUT2D eigenvalue weighted by molar-refractivity contribution is 7.89. The lowest BCUT2D eigenvalue weighted by Crippen LogP contribution is -2.26. The van der Waals surface area contributed by atoms with E-state index < -0.39 is 10.0 Å². The molecule has 0 unspecified atom stereocenters. The molecule has 20 heavy (non-hydrogen) atoms. The molecule has 2 aromatic rings. The highest BCUT2D eigenvalue weighted by Crippen LogP contribution is 2.19. The van der Waals surface area contributed by atoms with Gasteiger partial charge in [0.15, 0.2) is 0 Å². The summed E-state index contributed by atoms with van der Waals surface area (Å²) < 4.78 is 33.5. The third kappa shape index (κ3) is 3.06. The van der Waals surface area contributed by atoms with Crippen molar-refractivity contribution < 1.29 is 17.9 Å². The molecule has 110 valence electrons. The third-order valence-electron chi connectivity index (χ3n) is 2.81. The molecule has 0 aliphatic heterocycles. The Morgan fingerprint density at radius 2 is 2.25 bits per heavy atom. The lowest BCUT2D eigenvalue weighted by molar-refractivity contribution is 0.244. The van der Waals surface area contributed by atoms with Crippen LogP contribution in [-0.2, 0) is 30.1 Å². The number of hydrogen-bond donors (Lipinski definition) is 2. The lowest BCUT2D eigenvalue weighted by Gasteiger charge is -2.05. The number of aliphatic hydroxyl groups is 1. The van der Waals surface area contributed by atoms with E-state index in [1.807, 2.05) is 0 Å². The fraction of sp³-hybridized carbons (Fsp3) is 0.455. The number of rotatable bonds is 6. The number of aliphatic hydroxyl groups excluding tert-OH is 1. The number of furan rings is 1. The summed E-state index contributed by atoms with van der Waals surface area (Å²) in [5, 5.41) is 16.5. The summed E-state index contributed by atoms with van der Waals surface area (Å²) in [6, 6.07) is 1.32. The van der Waals surface area contributed by atoms with Crippen LogP contribution < -0.4 is 4.72 Å². The fourth-order valence-corrected chi connectivity index (χ4v) is 3.01. The predicted molar refractivity (Wildman–Crippen MR) is 69.3 cm³/mol. The van der Waals surface area contributed by atoms with Crippen molar-refractivity contribution in [3.8, 4) is 0 Å². The molecule has 0 saturated carbocycles. The van der Waals surface area contributed by atoms with Gasteiger partial charge in [0.2, 0.25) is 10.0 Å². The first-order valence-electron chi connectivity index (χ1n) is 5.96. The van der Waals surface area contributed by atoms with E-state index in [2.05, 4.69) is 14.9 Å². The van der Waals surface area contributed by atoms with Gasteiger partial charge in [0.25, 0.3) is 0 Å². The highest BCUT2D eigenvalue weighted by Gasteiger charge is 2.21. The third-order valence-corrected chi connectivity index (χ3v) is 4.38. The first-order valence-corrected chi connectivity index (χ1v) is 7.45. The first-order chi connectivity index (χ1) is 9.44. The van der Waals surface area contributed by atoms with Gasteiger partial charge in [-0.2, -0.15) is 0 Å². The van der Waals surface area contributed by atoms with Gasteiger partial charge in [-0.15, -0.1) is 10.2 Å². The minimum absolute atomic E-state index is 0.0412. The maximum Gasteiger partial charge on any atom is 0.244 e. The average Bonchev–Trinajstić information content (AvgIpc) is 2.96. The van der Waals surface area contributed by atoms with Crippen LogP contribution in [-0.4, -0.2) is 34.8 Å². The van der Waals surface area contributed by atoms with E-state index in [1.54, 1.807) is 17.9 Å². The van der Waals surface area contributed by atoms with E-state index in [9.17, 15) is 8.42 Å². The van der Waals surface area contributed by atoms with E-state index in [1.165, 1.54) is 13.0 Å². The van der Waals surface area contributed by atoms with Gasteiger partial charge in [-0.1, -0.05) is 0 Å². The molecular formula is C11H16N4O4S. The number of sulfonamides is 1. The minimum atomic E-state index is -3.66. The van der Waals surface area contributed by atoms with Crippen LogP contribution >= 0.6 is 0 Å². The number of hydrogen-bond acceptors (Lipinski definition) is 6. The van der Waals surface area contributed by atoms with Gasteiger partial charge in [0, 0.05) is 26.1 Å². The van der Waals surface area contributed by atoms with Crippen molar-refractivity contribution in [2.75, 3.05) is 6.54 Å². The molecule has 0 amide bonds. The molecule has 2 rings (SSSR count). The smallest absolute Gasteiger partial charge is 0.244 e. The Morgan fingerprint density at radius 3 is 2.80 bits per heavy atom. The predicted octanol–water partition coefficient (Wildman–Crippen LogP) is -0.270. The van der Waals surface area contributed by atoms with Crippen LogP contribution in [0.4, 0.5) is 0 Å². The zero-order valence-electron chi connectivity index (χ0n) is 11.2. The van der Waals surface area contributed by atoms with Crippen LogP contribution in [0.15, 0.2) is 21.7 Å². The Balaban J connectivity index is 2.04. The van der Waals surface area contributed by atoms with Gasteiger partial charge in [0.05, 0.1) is 0 Å². The zero-order valence-corrected chi connectivity index (χ0v) is 12.0. The summed E-state index contributed by atoms with van der Waals surface area (Å²) in [6.07, 6.45) is 1.98. The second-order valence-corrected chi connectivity index (χ2v) is 6.03. The van der Waals surface area contributed by atoms with Gasteiger partial charge >= 0.3 is 0 Å². The van der Waals surface area contributed by atoms with Crippen molar-refractivity contribution in [1.29, 1.82) is 0 Å². The van der Waals surface area contributed by atoms with E-state index >= 15 is 0 Å². The zero-order chi connectivity index (χ0) is 14.8. The molecule has 0 spiro atoms. The first kappa shape index (κ1) is 14.7. The standard InChI is InChI=1S/C11H16N4O4S/c1-8-10(5-9(6-16)19-8)20(17,18)13-4-3-11-14-12-7-15(11)2/h5,7,13,16H,3-4,6H2,1-2H3. The Kier molecular flexibility index (Phi) is 4.21. The average molecular weight is 300 g/mol. The Bertz CT molecular complexity index is 689. The van der Waals surface area contributed by atoms with Crippen LogP contribution in [0.3, 0.4) is 0 Å². The van der Waals surface area contributed by atoms with Crippen molar-refractivity contribution in [1.82, 2.24) is 19.5 Å². The van der Waals surface area contributed by atoms with E-state index in [-0.39, 0.29) is 29.6 Å². The fourth-order valence-electron chi connectivity index (χ4n) is 1.78. The van der Waals surface area contributed by atoms with Gasteiger partial charge < -0.3 is 14.1 Å². The molecular weight excluding hydrogens is 284 g/mol. The topological polar surface area (TPSA) is 110 Å². The number of nitrogens with zero attached hydrogens (tertiary/aromatic N) is 3. The molecule has 2 N–H and O–H groups in total. The number of aryl methyl sites for hydroxylation is 2. The quantitative estimate of drug-likeness (QED) is 0.760. The molecule has 0 aliphatic rings. The molecule has 0 bridgehead atoms.